The molecule has 0 aliphatic carbocycles. The van der Waals surface area contributed by atoms with Gasteiger partial charge in [-0.15, -0.1) is 0 Å². The second kappa shape index (κ2) is 6.06. The van der Waals surface area contributed by atoms with Gasteiger partial charge in [-0.2, -0.15) is 0 Å². The Morgan fingerprint density at radius 1 is 1.47 bits per heavy atom. The van der Waals surface area contributed by atoms with Gasteiger partial charge in [0, 0.05) is 23.6 Å². The lowest BCUT2D eigenvalue weighted by Gasteiger charge is -2.36. The zero-order valence-electron chi connectivity index (χ0n) is 10.2. The number of thiocarbonyl (C=S) groups is 1. The largest absolute Gasteiger partial charge is 0.381 e. The summed E-state index contributed by atoms with van der Waals surface area (Å²) < 4.78 is 17.2. The van der Waals surface area contributed by atoms with Gasteiger partial charge in [-0.1, -0.05) is 41.5 Å². The fourth-order valence-corrected chi connectivity index (χ4v) is 4.34. The Kier molecular flexibility index (Phi) is 4.84. The van der Waals surface area contributed by atoms with Crippen LogP contribution in [0.5, 0.6) is 0 Å². The number of benzene rings is 1. The zero-order chi connectivity index (χ0) is 14.0. The van der Waals surface area contributed by atoms with Crippen molar-refractivity contribution in [1.29, 1.82) is 0 Å². The molecular formula is C12H13Cl2NO2S2. The van der Waals surface area contributed by atoms with E-state index >= 15 is 0 Å². The monoisotopic (exact) mass is 337 g/mol. The Morgan fingerprint density at radius 2 is 2.21 bits per heavy atom. The molecule has 7 heteroatoms. The quantitative estimate of drug-likeness (QED) is 0.841. The molecule has 1 aromatic carbocycles. The van der Waals surface area contributed by atoms with Gasteiger partial charge in [0.2, 0.25) is 0 Å². The average Bonchev–Trinajstić information content (AvgIpc) is 2.42. The van der Waals surface area contributed by atoms with E-state index in [1.54, 1.807) is 25.2 Å². The van der Waals surface area contributed by atoms with E-state index in [2.05, 4.69) is 5.32 Å². The van der Waals surface area contributed by atoms with Gasteiger partial charge in [-0.25, -0.2) is 0 Å². The number of rotatable bonds is 2. The lowest BCUT2D eigenvalue weighted by molar-refractivity contribution is 0.128. The predicted octanol–water partition coefficient (Wildman–Crippen LogP) is 2.51. The highest BCUT2D eigenvalue weighted by Gasteiger charge is 2.45. The summed E-state index contributed by atoms with van der Waals surface area (Å²) in [6.07, 6.45) is 0. The van der Waals surface area contributed by atoms with Gasteiger partial charge >= 0.3 is 0 Å². The lowest BCUT2D eigenvalue weighted by atomic mass is 9.98. The predicted molar refractivity (Wildman–Crippen MR) is 83.6 cm³/mol. The molecule has 0 bridgehead atoms. The number of halogens is 2. The molecular weight excluding hydrogens is 325 g/mol. The summed E-state index contributed by atoms with van der Waals surface area (Å²) in [5, 5.41) is 3.79. The zero-order valence-corrected chi connectivity index (χ0v) is 13.4. The second-order valence-electron chi connectivity index (χ2n) is 4.14. The maximum absolute atomic E-state index is 12.5. The number of ether oxygens (including phenoxy) is 1. The molecule has 104 valence electrons. The fourth-order valence-electron chi connectivity index (χ4n) is 2.05. The number of hydrogen-bond acceptors (Lipinski definition) is 3. The van der Waals surface area contributed by atoms with Gasteiger partial charge in [0.05, 0.1) is 23.3 Å². The van der Waals surface area contributed by atoms with Crippen molar-refractivity contribution in [3.05, 3.63) is 33.8 Å². The molecule has 1 saturated heterocycles. The molecule has 19 heavy (non-hydrogen) atoms. The maximum Gasteiger partial charge on any atom is 0.144 e. The first kappa shape index (κ1) is 15.2. The van der Waals surface area contributed by atoms with Crippen LogP contribution < -0.4 is 5.32 Å². The average molecular weight is 338 g/mol. The third kappa shape index (κ3) is 2.67. The van der Waals surface area contributed by atoms with E-state index < -0.39 is 15.5 Å². The number of likely N-dealkylation sites (N-methyl/N-ethyl adjacent to an activating group) is 1. The molecule has 2 atom stereocenters. The van der Waals surface area contributed by atoms with Crippen molar-refractivity contribution >= 4 is 51.2 Å². The van der Waals surface area contributed by atoms with Crippen molar-refractivity contribution in [3.8, 4) is 0 Å². The van der Waals surface area contributed by atoms with Crippen molar-refractivity contribution in [3.63, 3.8) is 0 Å². The summed E-state index contributed by atoms with van der Waals surface area (Å²) in [7, 11) is 0.553. The molecule has 0 saturated carbocycles. The van der Waals surface area contributed by atoms with Gasteiger partial charge in [-0.3, -0.25) is 4.21 Å². The minimum atomic E-state index is -1.16. The van der Waals surface area contributed by atoms with Crippen LogP contribution in [0, 0.1) is 0 Å². The molecule has 1 fully saturated rings. The first-order chi connectivity index (χ1) is 9.02. The van der Waals surface area contributed by atoms with E-state index in [0.29, 0.717) is 27.4 Å². The van der Waals surface area contributed by atoms with Crippen LogP contribution in [-0.4, -0.2) is 35.2 Å². The van der Waals surface area contributed by atoms with Crippen molar-refractivity contribution < 1.29 is 8.95 Å². The highest BCUT2D eigenvalue weighted by atomic mass is 35.5. The van der Waals surface area contributed by atoms with E-state index in [1.807, 2.05) is 0 Å². The van der Waals surface area contributed by atoms with Crippen LogP contribution in [0.3, 0.4) is 0 Å². The summed E-state index contributed by atoms with van der Waals surface area (Å²) in [6.45, 7) is 0.749. The highest BCUT2D eigenvalue weighted by molar-refractivity contribution is 7.90. The van der Waals surface area contributed by atoms with Crippen LogP contribution in [0.1, 0.15) is 5.56 Å². The summed E-state index contributed by atoms with van der Waals surface area (Å²) in [5.74, 6) is 0.446. The van der Waals surface area contributed by atoms with E-state index in [4.69, 9.17) is 40.2 Å². The summed E-state index contributed by atoms with van der Waals surface area (Å²) in [5.41, 5.74) is 0.763. The van der Waals surface area contributed by atoms with Crippen molar-refractivity contribution in [1.82, 2.24) is 5.32 Å². The van der Waals surface area contributed by atoms with Crippen molar-refractivity contribution in [2.75, 3.05) is 26.0 Å². The maximum atomic E-state index is 12.5. The molecule has 2 rings (SSSR count). The standard InChI is InChI=1S/C12H13Cl2NO2S2/c1-15-11(18)12(7-17-4-5-19(12)16)8-2-3-9(13)10(14)6-8/h2-3,6H,4-5,7H2,1H3,(H,15,18). The Bertz CT molecular complexity index is 528. The molecule has 0 radical (unpaired) electrons. The highest BCUT2D eigenvalue weighted by Crippen LogP contribution is 2.36. The second-order valence-corrected chi connectivity index (χ2v) is 7.16. The van der Waals surface area contributed by atoms with E-state index in [0.717, 1.165) is 5.56 Å². The van der Waals surface area contributed by atoms with Crippen molar-refractivity contribution in [2.45, 2.75) is 4.75 Å². The number of nitrogens with one attached hydrogen (secondary N) is 1. The van der Waals surface area contributed by atoms with Crippen LogP contribution in [0.2, 0.25) is 10.0 Å². The third-order valence-corrected chi connectivity index (χ3v) is 6.38. The summed E-state index contributed by atoms with van der Waals surface area (Å²) in [4.78, 5) is 0.490. The molecule has 1 aliphatic heterocycles. The van der Waals surface area contributed by atoms with E-state index in [9.17, 15) is 4.21 Å². The summed E-state index contributed by atoms with van der Waals surface area (Å²) >= 11 is 17.3. The van der Waals surface area contributed by atoms with Crippen LogP contribution >= 0.6 is 35.4 Å². The normalized spacial score (nSPS) is 27.0. The minimum Gasteiger partial charge on any atom is -0.381 e. The minimum absolute atomic E-state index is 0.275. The molecule has 0 amide bonds. The van der Waals surface area contributed by atoms with Gasteiger partial charge < -0.3 is 10.1 Å². The smallest absolute Gasteiger partial charge is 0.144 e. The Balaban J connectivity index is 2.56. The first-order valence-electron chi connectivity index (χ1n) is 5.66. The molecule has 2 unspecified atom stereocenters. The fraction of sp³-hybridized carbons (Fsp3) is 0.417. The molecule has 3 nitrogen and oxygen atoms in total. The molecule has 1 aromatic rings. The summed E-state index contributed by atoms with van der Waals surface area (Å²) in [6, 6.07) is 5.19. The van der Waals surface area contributed by atoms with E-state index in [1.165, 1.54) is 0 Å². The van der Waals surface area contributed by atoms with Crippen LogP contribution in [0.15, 0.2) is 18.2 Å². The third-order valence-electron chi connectivity index (χ3n) is 3.09. The van der Waals surface area contributed by atoms with Crippen LogP contribution in [-0.2, 0) is 20.3 Å². The SMILES string of the molecule is CNC(=S)C1(c2ccc(Cl)c(Cl)c2)COCCS1=O. The molecule has 1 N–H and O–H groups in total. The topological polar surface area (TPSA) is 38.3 Å². The molecule has 1 aliphatic rings. The molecule has 1 heterocycles. The molecule has 0 spiro atoms. The molecule has 0 aromatic heterocycles. The van der Waals surface area contributed by atoms with Crippen LogP contribution in [0.4, 0.5) is 0 Å². The van der Waals surface area contributed by atoms with Gasteiger partial charge in [-0.05, 0) is 17.7 Å². The first-order valence-corrected chi connectivity index (χ1v) is 8.14. The van der Waals surface area contributed by atoms with Gasteiger partial charge in [0.25, 0.3) is 0 Å². The van der Waals surface area contributed by atoms with E-state index in [-0.39, 0.29) is 6.61 Å². The Hall–Kier alpha value is -0.200. The Morgan fingerprint density at radius 3 is 2.79 bits per heavy atom. The van der Waals surface area contributed by atoms with Gasteiger partial charge in [0.1, 0.15) is 9.74 Å². The van der Waals surface area contributed by atoms with Crippen molar-refractivity contribution in [2.24, 2.45) is 0 Å². The lowest BCUT2D eigenvalue weighted by Crippen LogP contribution is -2.52. The Labute approximate surface area is 130 Å². The van der Waals surface area contributed by atoms with Crippen LogP contribution in [0.25, 0.3) is 0 Å². The van der Waals surface area contributed by atoms with Gasteiger partial charge in [0.15, 0.2) is 0 Å². The number of hydrogen-bond donors (Lipinski definition) is 1.